The van der Waals surface area contributed by atoms with Gasteiger partial charge in [0.1, 0.15) is 0 Å². The number of carbonyl (C=O) groups is 2. The van der Waals surface area contributed by atoms with E-state index in [2.05, 4.69) is 0 Å². The topological polar surface area (TPSA) is 83.8 Å². The van der Waals surface area contributed by atoms with Gasteiger partial charge in [0.25, 0.3) is 0 Å². The molecule has 0 radical (unpaired) electrons. The molecule has 5 heteroatoms. The number of rotatable bonds is 6. The van der Waals surface area contributed by atoms with E-state index in [9.17, 15) is 14.7 Å². The van der Waals surface area contributed by atoms with Crippen LogP contribution in [0.4, 0.5) is 0 Å². The summed E-state index contributed by atoms with van der Waals surface area (Å²) in [6.45, 7) is 0. The first-order valence-corrected chi connectivity index (χ1v) is 7.72. The Hall–Kier alpha value is -1.88. The third-order valence-electron chi connectivity index (χ3n) is 4.82. The molecule has 0 amide bonds. The standard InChI is InChI=1S/C17H20O5/c18-15(19)9-11-3-1-2-10(8-11)4-5-12-13-6-7-14(22-13)16(12)17(20)21/h1-3,8,12-14,16H,4-7,9H2,(H,18,19)(H,20,21)/t12-,13-,14+,16-/m1/s1. The molecule has 4 atom stereocenters. The number of ether oxygens (including phenoxy) is 1. The van der Waals surface area contributed by atoms with Crippen LogP contribution in [-0.4, -0.2) is 34.4 Å². The average Bonchev–Trinajstić information content (AvgIpc) is 3.05. The molecule has 0 unspecified atom stereocenters. The minimum atomic E-state index is -0.843. The lowest BCUT2D eigenvalue weighted by Gasteiger charge is -2.24. The lowest BCUT2D eigenvalue weighted by Crippen LogP contribution is -2.33. The quantitative estimate of drug-likeness (QED) is 0.841. The summed E-state index contributed by atoms with van der Waals surface area (Å²) in [5, 5.41) is 18.2. The molecule has 0 aliphatic carbocycles. The van der Waals surface area contributed by atoms with Crippen LogP contribution in [0, 0.1) is 11.8 Å². The molecule has 2 N–H and O–H groups in total. The van der Waals surface area contributed by atoms with Gasteiger partial charge in [-0.15, -0.1) is 0 Å². The molecular weight excluding hydrogens is 284 g/mol. The summed E-state index contributed by atoms with van der Waals surface area (Å²) in [6.07, 6.45) is 3.32. The number of hydrogen-bond donors (Lipinski definition) is 2. The lowest BCUT2D eigenvalue weighted by atomic mass is 9.76. The smallest absolute Gasteiger partial charge is 0.309 e. The maximum absolute atomic E-state index is 11.4. The van der Waals surface area contributed by atoms with Crippen molar-refractivity contribution >= 4 is 11.9 Å². The van der Waals surface area contributed by atoms with E-state index in [1.807, 2.05) is 18.2 Å². The van der Waals surface area contributed by atoms with Gasteiger partial charge < -0.3 is 14.9 Å². The largest absolute Gasteiger partial charge is 0.481 e. The van der Waals surface area contributed by atoms with Crippen molar-refractivity contribution in [1.29, 1.82) is 0 Å². The molecule has 0 spiro atoms. The first-order chi connectivity index (χ1) is 10.5. The van der Waals surface area contributed by atoms with E-state index < -0.39 is 11.9 Å². The van der Waals surface area contributed by atoms with Gasteiger partial charge in [0.05, 0.1) is 24.5 Å². The molecule has 0 aromatic heterocycles. The Labute approximate surface area is 128 Å². The van der Waals surface area contributed by atoms with Crippen LogP contribution in [0.2, 0.25) is 0 Å². The van der Waals surface area contributed by atoms with Crippen LogP contribution < -0.4 is 0 Å². The van der Waals surface area contributed by atoms with E-state index in [0.29, 0.717) is 0 Å². The Morgan fingerprint density at radius 3 is 2.59 bits per heavy atom. The fourth-order valence-corrected chi connectivity index (χ4v) is 3.89. The molecule has 2 aliphatic rings. The number of fused-ring (bicyclic) bond motifs is 2. The van der Waals surface area contributed by atoms with Crippen molar-refractivity contribution in [3.63, 3.8) is 0 Å². The molecular formula is C17H20O5. The minimum Gasteiger partial charge on any atom is -0.481 e. The molecule has 2 fully saturated rings. The van der Waals surface area contributed by atoms with Gasteiger partial charge in [-0.25, -0.2) is 0 Å². The molecule has 22 heavy (non-hydrogen) atoms. The molecule has 3 rings (SSSR count). The van der Waals surface area contributed by atoms with Crippen molar-refractivity contribution in [2.75, 3.05) is 0 Å². The Morgan fingerprint density at radius 1 is 1.14 bits per heavy atom. The Kier molecular flexibility index (Phi) is 4.16. The van der Waals surface area contributed by atoms with Crippen molar-refractivity contribution in [2.45, 2.75) is 44.3 Å². The predicted octanol–water partition coefficient (Wildman–Crippen LogP) is 2.12. The minimum absolute atomic E-state index is 0.0167. The summed E-state index contributed by atoms with van der Waals surface area (Å²) in [7, 11) is 0. The predicted molar refractivity (Wildman–Crippen MR) is 78.6 cm³/mol. The second-order valence-corrected chi connectivity index (χ2v) is 6.25. The zero-order valence-electron chi connectivity index (χ0n) is 12.3. The number of aliphatic carboxylic acids is 2. The zero-order chi connectivity index (χ0) is 15.7. The number of hydrogen-bond acceptors (Lipinski definition) is 3. The van der Waals surface area contributed by atoms with Gasteiger partial charge in [-0.05, 0) is 36.8 Å². The summed E-state index contributed by atoms with van der Waals surface area (Å²) in [6, 6.07) is 7.53. The highest BCUT2D eigenvalue weighted by molar-refractivity contribution is 5.72. The van der Waals surface area contributed by atoms with Gasteiger partial charge in [0.15, 0.2) is 0 Å². The lowest BCUT2D eigenvalue weighted by molar-refractivity contribution is -0.145. The maximum atomic E-state index is 11.4. The van der Waals surface area contributed by atoms with Gasteiger partial charge >= 0.3 is 11.9 Å². The number of carboxylic acid groups (broad SMARTS) is 2. The second-order valence-electron chi connectivity index (χ2n) is 6.25. The van der Waals surface area contributed by atoms with Gasteiger partial charge in [-0.2, -0.15) is 0 Å². The molecule has 118 valence electrons. The van der Waals surface area contributed by atoms with Gasteiger partial charge in [-0.1, -0.05) is 24.3 Å². The highest BCUT2D eigenvalue weighted by Gasteiger charge is 2.51. The summed E-state index contributed by atoms with van der Waals surface area (Å²) < 4.78 is 5.77. The van der Waals surface area contributed by atoms with Gasteiger partial charge in [0.2, 0.25) is 0 Å². The van der Waals surface area contributed by atoms with Crippen molar-refractivity contribution < 1.29 is 24.5 Å². The summed E-state index contributed by atoms with van der Waals surface area (Å²) in [4.78, 5) is 22.2. The third-order valence-corrected chi connectivity index (χ3v) is 4.82. The number of aryl methyl sites for hydroxylation is 1. The zero-order valence-corrected chi connectivity index (χ0v) is 12.3. The van der Waals surface area contributed by atoms with E-state index >= 15 is 0 Å². The SMILES string of the molecule is O=C(O)Cc1cccc(CC[C@H]2[C@@H](C(=O)O)[C@@H]3CC[C@H]2O3)c1. The average molecular weight is 304 g/mol. The van der Waals surface area contributed by atoms with Crippen LogP contribution in [0.5, 0.6) is 0 Å². The van der Waals surface area contributed by atoms with Crippen LogP contribution in [0.3, 0.4) is 0 Å². The highest BCUT2D eigenvalue weighted by Crippen LogP contribution is 2.45. The van der Waals surface area contributed by atoms with E-state index in [1.165, 1.54) is 0 Å². The normalized spacial score (nSPS) is 29.6. The maximum Gasteiger partial charge on any atom is 0.309 e. The molecule has 1 aromatic carbocycles. The molecule has 1 aromatic rings. The molecule has 0 saturated carbocycles. The Morgan fingerprint density at radius 2 is 1.86 bits per heavy atom. The first-order valence-electron chi connectivity index (χ1n) is 7.72. The van der Waals surface area contributed by atoms with Crippen LogP contribution >= 0.6 is 0 Å². The van der Waals surface area contributed by atoms with Crippen LogP contribution in [-0.2, 0) is 27.2 Å². The monoisotopic (exact) mass is 304 g/mol. The molecule has 2 bridgehead atoms. The number of benzene rings is 1. The van der Waals surface area contributed by atoms with Crippen LogP contribution in [0.1, 0.15) is 30.4 Å². The summed E-state index contributed by atoms with van der Waals surface area (Å²) in [5.41, 5.74) is 1.84. The fraction of sp³-hybridized carbons (Fsp3) is 0.529. The summed E-state index contributed by atoms with van der Waals surface area (Å²) in [5.74, 6) is -1.92. The van der Waals surface area contributed by atoms with E-state index in [4.69, 9.17) is 9.84 Å². The summed E-state index contributed by atoms with van der Waals surface area (Å²) >= 11 is 0. The third kappa shape index (κ3) is 2.99. The second kappa shape index (κ2) is 6.08. The van der Waals surface area contributed by atoms with E-state index in [-0.39, 0.29) is 30.5 Å². The fourth-order valence-electron chi connectivity index (χ4n) is 3.89. The number of carboxylic acids is 2. The molecule has 5 nitrogen and oxygen atoms in total. The molecule has 2 aliphatic heterocycles. The van der Waals surface area contributed by atoms with Crippen molar-refractivity contribution in [1.82, 2.24) is 0 Å². The molecule has 2 saturated heterocycles. The van der Waals surface area contributed by atoms with Gasteiger partial charge in [0, 0.05) is 5.92 Å². The van der Waals surface area contributed by atoms with Crippen LogP contribution in [0.15, 0.2) is 24.3 Å². The van der Waals surface area contributed by atoms with Gasteiger partial charge in [-0.3, -0.25) is 9.59 Å². The highest BCUT2D eigenvalue weighted by atomic mass is 16.5. The van der Waals surface area contributed by atoms with E-state index in [1.54, 1.807) is 6.07 Å². The Balaban J connectivity index is 1.65. The van der Waals surface area contributed by atoms with Crippen molar-refractivity contribution in [3.8, 4) is 0 Å². The first kappa shape index (κ1) is 15.0. The van der Waals surface area contributed by atoms with Crippen LogP contribution in [0.25, 0.3) is 0 Å². The molecule has 2 heterocycles. The van der Waals surface area contributed by atoms with Crippen molar-refractivity contribution in [3.05, 3.63) is 35.4 Å². The van der Waals surface area contributed by atoms with E-state index in [0.717, 1.165) is 36.8 Å². The Bertz CT molecular complexity index is 582. The van der Waals surface area contributed by atoms with Crippen molar-refractivity contribution in [2.24, 2.45) is 11.8 Å².